The second-order valence-corrected chi connectivity index (χ2v) is 6.87. The summed E-state index contributed by atoms with van der Waals surface area (Å²) >= 11 is 0. The molecule has 1 aliphatic heterocycles. The Bertz CT molecular complexity index is 739. The highest BCUT2D eigenvalue weighted by molar-refractivity contribution is 5.91. The standard InChI is InChI=1S/C21H26N2O3/c1-22-21(25)20-12-10-18(26-20)15-23-13-5-8-17(14-23)19(24)11-9-16-6-3-2-4-7-16/h2-4,6-7,10,12,17H,5,8-9,11,13-15H2,1H3,(H,22,25). The first-order valence-corrected chi connectivity index (χ1v) is 9.25. The number of piperidine rings is 1. The van der Waals surface area contributed by atoms with Gasteiger partial charge < -0.3 is 9.73 Å². The van der Waals surface area contributed by atoms with Crippen molar-refractivity contribution in [1.82, 2.24) is 10.2 Å². The molecule has 3 rings (SSSR count). The number of carbonyl (C=O) groups is 2. The molecule has 1 aromatic carbocycles. The predicted octanol–water partition coefficient (Wildman–Crippen LogP) is 3.05. The number of rotatable bonds is 7. The lowest BCUT2D eigenvalue weighted by Gasteiger charge is -2.31. The smallest absolute Gasteiger partial charge is 0.286 e. The predicted molar refractivity (Wildman–Crippen MR) is 99.9 cm³/mol. The lowest BCUT2D eigenvalue weighted by Crippen LogP contribution is -2.38. The van der Waals surface area contributed by atoms with E-state index < -0.39 is 0 Å². The van der Waals surface area contributed by atoms with Crippen LogP contribution in [0.1, 0.15) is 41.1 Å². The number of amides is 1. The van der Waals surface area contributed by atoms with Crippen LogP contribution in [0, 0.1) is 5.92 Å². The van der Waals surface area contributed by atoms with Crippen LogP contribution in [0.25, 0.3) is 0 Å². The summed E-state index contributed by atoms with van der Waals surface area (Å²) in [5.74, 6) is 1.32. The normalized spacial score (nSPS) is 17.8. The molecule has 0 spiro atoms. The first-order valence-electron chi connectivity index (χ1n) is 9.25. The summed E-state index contributed by atoms with van der Waals surface area (Å²) in [5.41, 5.74) is 1.21. The molecular weight excluding hydrogens is 328 g/mol. The second kappa shape index (κ2) is 8.81. The Morgan fingerprint density at radius 3 is 2.77 bits per heavy atom. The highest BCUT2D eigenvalue weighted by atomic mass is 16.4. The second-order valence-electron chi connectivity index (χ2n) is 6.87. The molecule has 5 nitrogen and oxygen atoms in total. The lowest BCUT2D eigenvalue weighted by molar-refractivity contribution is -0.124. The Balaban J connectivity index is 1.51. The van der Waals surface area contributed by atoms with Gasteiger partial charge in [-0.3, -0.25) is 14.5 Å². The van der Waals surface area contributed by atoms with Crippen molar-refractivity contribution >= 4 is 11.7 Å². The van der Waals surface area contributed by atoms with Crippen LogP contribution in [0.4, 0.5) is 0 Å². The van der Waals surface area contributed by atoms with Crippen molar-refractivity contribution in [3.63, 3.8) is 0 Å². The molecule has 1 atom stereocenters. The minimum Gasteiger partial charge on any atom is -0.455 e. The van der Waals surface area contributed by atoms with Gasteiger partial charge in [-0.15, -0.1) is 0 Å². The number of likely N-dealkylation sites (tertiary alicyclic amines) is 1. The minimum absolute atomic E-state index is 0.0980. The van der Waals surface area contributed by atoms with Crippen molar-refractivity contribution in [3.05, 3.63) is 59.5 Å². The van der Waals surface area contributed by atoms with Gasteiger partial charge >= 0.3 is 0 Å². The first kappa shape index (κ1) is 18.4. The third kappa shape index (κ3) is 4.82. The third-order valence-corrected chi connectivity index (χ3v) is 4.96. The molecule has 0 radical (unpaired) electrons. The van der Waals surface area contributed by atoms with Crippen LogP contribution in [0.3, 0.4) is 0 Å². The molecule has 2 heterocycles. The van der Waals surface area contributed by atoms with Crippen molar-refractivity contribution in [1.29, 1.82) is 0 Å². The first-order chi connectivity index (χ1) is 12.7. The molecule has 26 heavy (non-hydrogen) atoms. The summed E-state index contributed by atoms with van der Waals surface area (Å²) in [4.78, 5) is 26.4. The highest BCUT2D eigenvalue weighted by Crippen LogP contribution is 2.22. The van der Waals surface area contributed by atoms with E-state index >= 15 is 0 Å². The van der Waals surface area contributed by atoms with Crippen molar-refractivity contribution in [2.45, 2.75) is 32.2 Å². The van der Waals surface area contributed by atoms with Gasteiger partial charge in [0, 0.05) is 25.9 Å². The third-order valence-electron chi connectivity index (χ3n) is 4.96. The Hall–Kier alpha value is -2.40. The maximum atomic E-state index is 12.6. The van der Waals surface area contributed by atoms with Crippen molar-refractivity contribution in [3.8, 4) is 0 Å². The van der Waals surface area contributed by atoms with E-state index in [2.05, 4.69) is 22.3 Å². The number of nitrogens with zero attached hydrogens (tertiary/aromatic N) is 1. The Kier molecular flexibility index (Phi) is 6.23. The van der Waals surface area contributed by atoms with Gasteiger partial charge in [-0.2, -0.15) is 0 Å². The highest BCUT2D eigenvalue weighted by Gasteiger charge is 2.26. The maximum absolute atomic E-state index is 12.6. The molecule has 1 saturated heterocycles. The van der Waals surface area contributed by atoms with E-state index in [9.17, 15) is 9.59 Å². The fourth-order valence-corrected chi connectivity index (χ4v) is 3.51. The van der Waals surface area contributed by atoms with E-state index in [0.29, 0.717) is 24.5 Å². The van der Waals surface area contributed by atoms with Gasteiger partial charge in [0.2, 0.25) is 0 Å². The quantitative estimate of drug-likeness (QED) is 0.830. The van der Waals surface area contributed by atoms with E-state index in [1.165, 1.54) is 5.56 Å². The molecule has 0 saturated carbocycles. The van der Waals surface area contributed by atoms with Crippen LogP contribution < -0.4 is 5.32 Å². The van der Waals surface area contributed by atoms with E-state index in [-0.39, 0.29) is 11.8 Å². The molecular formula is C21H26N2O3. The van der Waals surface area contributed by atoms with Crippen LogP contribution >= 0.6 is 0 Å². The van der Waals surface area contributed by atoms with E-state index in [4.69, 9.17) is 4.42 Å². The molecule has 1 aliphatic rings. The molecule has 1 aromatic heterocycles. The summed E-state index contributed by atoms with van der Waals surface area (Å²) < 4.78 is 5.60. The van der Waals surface area contributed by atoms with Crippen LogP contribution in [0.2, 0.25) is 0 Å². The van der Waals surface area contributed by atoms with Crippen molar-refractivity contribution in [2.75, 3.05) is 20.1 Å². The maximum Gasteiger partial charge on any atom is 0.286 e. The summed E-state index contributed by atoms with van der Waals surface area (Å²) in [6.07, 6.45) is 3.39. The number of hydrogen-bond acceptors (Lipinski definition) is 4. The molecule has 1 fully saturated rings. The average Bonchev–Trinajstić information content (AvgIpc) is 3.15. The molecule has 0 aliphatic carbocycles. The fourth-order valence-electron chi connectivity index (χ4n) is 3.51. The van der Waals surface area contributed by atoms with Crippen LogP contribution in [0.5, 0.6) is 0 Å². The number of benzene rings is 1. The number of nitrogens with one attached hydrogen (secondary N) is 1. The summed E-state index contributed by atoms with van der Waals surface area (Å²) in [6, 6.07) is 13.7. The number of ketones is 1. The number of Topliss-reactive ketones (excluding diaryl/α,β-unsaturated/α-hetero) is 1. The SMILES string of the molecule is CNC(=O)c1ccc(CN2CCCC(C(=O)CCc3ccccc3)C2)o1. The monoisotopic (exact) mass is 354 g/mol. The average molecular weight is 354 g/mol. The number of hydrogen-bond donors (Lipinski definition) is 1. The van der Waals surface area contributed by atoms with E-state index in [1.807, 2.05) is 24.3 Å². The molecule has 2 aromatic rings. The van der Waals surface area contributed by atoms with Crippen molar-refractivity contribution < 1.29 is 14.0 Å². The topological polar surface area (TPSA) is 62.6 Å². The van der Waals surface area contributed by atoms with Gasteiger partial charge in [-0.1, -0.05) is 30.3 Å². The zero-order valence-electron chi connectivity index (χ0n) is 15.2. The summed E-state index contributed by atoms with van der Waals surface area (Å²) in [7, 11) is 1.58. The molecule has 1 amide bonds. The number of carbonyl (C=O) groups excluding carboxylic acids is 2. The van der Waals surface area contributed by atoms with E-state index in [1.54, 1.807) is 13.1 Å². The molecule has 1 N–H and O–H groups in total. The van der Waals surface area contributed by atoms with Gasteiger partial charge in [0.15, 0.2) is 5.76 Å². The van der Waals surface area contributed by atoms with Crippen LogP contribution in [-0.4, -0.2) is 36.7 Å². The fraction of sp³-hybridized carbons (Fsp3) is 0.429. The van der Waals surface area contributed by atoms with Gasteiger partial charge in [-0.05, 0) is 43.5 Å². The zero-order valence-corrected chi connectivity index (χ0v) is 15.2. The van der Waals surface area contributed by atoms with Crippen LogP contribution in [0.15, 0.2) is 46.9 Å². The summed E-state index contributed by atoms with van der Waals surface area (Å²) in [5, 5.41) is 2.56. The molecule has 138 valence electrons. The Morgan fingerprint density at radius 1 is 1.19 bits per heavy atom. The molecule has 5 heteroatoms. The summed E-state index contributed by atoms with van der Waals surface area (Å²) in [6.45, 7) is 2.36. The number of furan rings is 1. The van der Waals surface area contributed by atoms with Crippen LogP contribution in [-0.2, 0) is 17.8 Å². The van der Waals surface area contributed by atoms with Gasteiger partial charge in [0.05, 0.1) is 6.54 Å². The van der Waals surface area contributed by atoms with Gasteiger partial charge in [0.25, 0.3) is 5.91 Å². The lowest BCUT2D eigenvalue weighted by atomic mass is 9.90. The molecule has 0 bridgehead atoms. The largest absolute Gasteiger partial charge is 0.455 e. The van der Waals surface area contributed by atoms with Crippen molar-refractivity contribution in [2.24, 2.45) is 5.92 Å². The zero-order chi connectivity index (χ0) is 18.4. The number of aryl methyl sites for hydroxylation is 1. The van der Waals surface area contributed by atoms with Gasteiger partial charge in [0.1, 0.15) is 11.5 Å². The minimum atomic E-state index is -0.219. The van der Waals surface area contributed by atoms with Gasteiger partial charge in [-0.25, -0.2) is 0 Å². The Morgan fingerprint density at radius 2 is 2.00 bits per heavy atom. The van der Waals surface area contributed by atoms with E-state index in [0.717, 1.165) is 38.1 Å². The Labute approximate surface area is 154 Å². The molecule has 1 unspecified atom stereocenters.